The Morgan fingerprint density at radius 3 is 1.21 bits per heavy atom. The molecule has 4 heteroatoms. The summed E-state index contributed by atoms with van der Waals surface area (Å²) in [5.74, 6) is 0.768. The lowest BCUT2D eigenvalue weighted by Gasteiger charge is -2.22. The maximum Gasteiger partial charge on any atom is 0.123 e. The van der Waals surface area contributed by atoms with E-state index in [0.29, 0.717) is 11.5 Å². The average molecular weight is 385 g/mol. The number of hydrogen-bond donors (Lipinski definition) is 2. The topological polar surface area (TPSA) is 46.9 Å². The van der Waals surface area contributed by atoms with Gasteiger partial charge in [0.2, 0.25) is 0 Å². The highest BCUT2D eigenvalue weighted by molar-refractivity contribution is 5.70. The molecule has 4 nitrogen and oxygen atoms in total. The van der Waals surface area contributed by atoms with Gasteiger partial charge in [-0.1, -0.05) is 27.7 Å². The Bertz CT molecular complexity index is 726. The molecule has 0 bridgehead atoms. The van der Waals surface area contributed by atoms with E-state index >= 15 is 0 Å². The van der Waals surface area contributed by atoms with Crippen LogP contribution in [0.2, 0.25) is 0 Å². The normalized spacial score (nSPS) is 11.6. The Hall–Kier alpha value is -2.04. The van der Waals surface area contributed by atoms with Gasteiger partial charge in [0.15, 0.2) is 0 Å². The van der Waals surface area contributed by atoms with Crippen molar-refractivity contribution >= 4 is 0 Å². The largest absolute Gasteiger partial charge is 0.507 e. The molecule has 154 valence electrons. The van der Waals surface area contributed by atoms with Crippen LogP contribution < -0.4 is 0 Å². The van der Waals surface area contributed by atoms with Crippen molar-refractivity contribution in [2.45, 2.75) is 54.6 Å². The first-order valence-corrected chi connectivity index (χ1v) is 10.4. The molecule has 0 fully saturated rings. The molecular weight excluding hydrogens is 348 g/mol. The smallest absolute Gasteiger partial charge is 0.123 e. The molecule has 0 aromatic heterocycles. The van der Waals surface area contributed by atoms with E-state index in [2.05, 4.69) is 49.6 Å². The zero-order valence-electron chi connectivity index (χ0n) is 18.3. The molecule has 28 heavy (non-hydrogen) atoms. The van der Waals surface area contributed by atoms with Crippen LogP contribution in [0.3, 0.4) is 0 Å². The number of phenols is 2. The summed E-state index contributed by atoms with van der Waals surface area (Å²) in [6.45, 7) is 17.7. The van der Waals surface area contributed by atoms with Crippen molar-refractivity contribution in [2.75, 3.05) is 26.2 Å². The Kier molecular flexibility index (Phi) is 7.90. The number of aryl methyl sites for hydroxylation is 2. The highest BCUT2D eigenvalue weighted by Gasteiger charge is 2.15. The van der Waals surface area contributed by atoms with Crippen molar-refractivity contribution < 1.29 is 10.2 Å². The Labute approximate surface area is 170 Å². The zero-order chi connectivity index (χ0) is 20.8. The van der Waals surface area contributed by atoms with Crippen molar-refractivity contribution in [3.05, 3.63) is 46.5 Å². The molecule has 0 radical (unpaired) electrons. The molecule has 0 atom stereocenters. The molecule has 0 aliphatic carbocycles. The van der Waals surface area contributed by atoms with Crippen LogP contribution in [0.4, 0.5) is 0 Å². The van der Waals surface area contributed by atoms with Gasteiger partial charge in [-0.2, -0.15) is 0 Å². The standard InChI is InChI=1S/C24H36N2O2/c1-7-25(8-2)15-21-13-19(11-17(5)23(21)27)20-12-18(6)24(28)22(14-20)16-26(9-3)10-4/h11-14,27-28H,7-10,15-16H2,1-6H3. The van der Waals surface area contributed by atoms with E-state index in [1.165, 1.54) is 0 Å². The third-order valence-corrected chi connectivity index (χ3v) is 5.67. The fourth-order valence-electron chi connectivity index (χ4n) is 3.66. The van der Waals surface area contributed by atoms with Gasteiger partial charge in [-0.3, -0.25) is 9.80 Å². The van der Waals surface area contributed by atoms with Gasteiger partial charge < -0.3 is 10.2 Å². The highest BCUT2D eigenvalue weighted by atomic mass is 16.3. The van der Waals surface area contributed by atoms with Crippen molar-refractivity contribution in [3.63, 3.8) is 0 Å². The summed E-state index contributed by atoms with van der Waals surface area (Å²) in [6.07, 6.45) is 0. The molecule has 0 saturated heterocycles. The van der Waals surface area contributed by atoms with E-state index in [-0.39, 0.29) is 0 Å². The summed E-state index contributed by atoms with van der Waals surface area (Å²) in [5, 5.41) is 21.1. The van der Waals surface area contributed by atoms with Crippen molar-refractivity contribution in [3.8, 4) is 22.6 Å². The maximum absolute atomic E-state index is 10.6. The van der Waals surface area contributed by atoms with E-state index < -0.39 is 0 Å². The summed E-state index contributed by atoms with van der Waals surface area (Å²) in [4.78, 5) is 4.60. The van der Waals surface area contributed by atoms with Crippen LogP contribution in [0.1, 0.15) is 49.9 Å². The summed E-state index contributed by atoms with van der Waals surface area (Å²) in [7, 11) is 0. The fraction of sp³-hybridized carbons (Fsp3) is 0.500. The lowest BCUT2D eigenvalue weighted by molar-refractivity contribution is 0.290. The van der Waals surface area contributed by atoms with Crippen molar-refractivity contribution in [1.82, 2.24) is 9.80 Å². The number of nitrogens with zero attached hydrogens (tertiary/aromatic N) is 2. The molecule has 0 heterocycles. The van der Waals surface area contributed by atoms with Crippen LogP contribution in [-0.4, -0.2) is 46.2 Å². The molecule has 2 aromatic rings. The Balaban J connectivity index is 2.49. The lowest BCUT2D eigenvalue weighted by atomic mass is 9.95. The number of hydrogen-bond acceptors (Lipinski definition) is 4. The van der Waals surface area contributed by atoms with E-state index in [9.17, 15) is 10.2 Å². The zero-order valence-corrected chi connectivity index (χ0v) is 18.3. The second-order valence-corrected chi connectivity index (χ2v) is 7.52. The van der Waals surface area contributed by atoms with E-state index in [1.807, 2.05) is 26.0 Å². The van der Waals surface area contributed by atoms with Crippen molar-refractivity contribution in [2.24, 2.45) is 0 Å². The van der Waals surface area contributed by atoms with E-state index in [1.54, 1.807) is 0 Å². The predicted molar refractivity (Wildman–Crippen MR) is 118 cm³/mol. The third kappa shape index (κ3) is 5.06. The van der Waals surface area contributed by atoms with Crippen molar-refractivity contribution in [1.29, 1.82) is 0 Å². The highest BCUT2D eigenvalue weighted by Crippen LogP contribution is 2.34. The minimum Gasteiger partial charge on any atom is -0.507 e. The molecule has 0 unspecified atom stereocenters. The van der Waals surface area contributed by atoms with E-state index in [0.717, 1.165) is 72.6 Å². The lowest BCUT2D eigenvalue weighted by Crippen LogP contribution is -2.22. The van der Waals surface area contributed by atoms with Gasteiger partial charge in [-0.15, -0.1) is 0 Å². The number of phenolic OH excluding ortho intramolecular Hbond substituents is 2. The SMILES string of the molecule is CCN(CC)Cc1cc(-c2cc(C)c(O)c(CN(CC)CC)c2)cc(C)c1O. The van der Waals surface area contributed by atoms with Gasteiger partial charge in [0.25, 0.3) is 0 Å². The summed E-state index contributed by atoms with van der Waals surface area (Å²) >= 11 is 0. The fourth-order valence-corrected chi connectivity index (χ4v) is 3.66. The van der Waals surface area contributed by atoms with Gasteiger partial charge in [-0.05, 0) is 86.5 Å². The van der Waals surface area contributed by atoms with Gasteiger partial charge in [0.1, 0.15) is 11.5 Å². The molecule has 2 rings (SSSR count). The van der Waals surface area contributed by atoms with Gasteiger partial charge in [0, 0.05) is 24.2 Å². The van der Waals surface area contributed by atoms with Crippen LogP contribution in [0.25, 0.3) is 11.1 Å². The monoisotopic (exact) mass is 384 g/mol. The molecule has 0 aliphatic rings. The molecule has 0 saturated carbocycles. The number of rotatable bonds is 9. The predicted octanol–water partition coefficient (Wildman–Crippen LogP) is 5.07. The minimum absolute atomic E-state index is 0.384. The van der Waals surface area contributed by atoms with Crippen LogP contribution in [-0.2, 0) is 13.1 Å². The Morgan fingerprint density at radius 2 is 0.929 bits per heavy atom. The van der Waals surface area contributed by atoms with E-state index in [4.69, 9.17) is 0 Å². The van der Waals surface area contributed by atoms with Crippen LogP contribution in [0.15, 0.2) is 24.3 Å². The van der Waals surface area contributed by atoms with Crippen LogP contribution in [0, 0.1) is 13.8 Å². The molecule has 0 spiro atoms. The molecular formula is C24H36N2O2. The van der Waals surface area contributed by atoms with Gasteiger partial charge in [0.05, 0.1) is 0 Å². The summed E-state index contributed by atoms with van der Waals surface area (Å²) < 4.78 is 0. The minimum atomic E-state index is 0.384. The second kappa shape index (κ2) is 9.94. The molecule has 2 N–H and O–H groups in total. The molecule has 2 aromatic carbocycles. The number of aromatic hydroxyl groups is 2. The Morgan fingerprint density at radius 1 is 0.607 bits per heavy atom. The molecule has 0 amide bonds. The maximum atomic E-state index is 10.6. The summed E-state index contributed by atoms with van der Waals surface area (Å²) in [5.41, 5.74) is 5.85. The first-order valence-electron chi connectivity index (χ1n) is 10.4. The third-order valence-electron chi connectivity index (χ3n) is 5.67. The first kappa shape index (κ1) is 22.3. The average Bonchev–Trinajstić information content (AvgIpc) is 2.69. The van der Waals surface area contributed by atoms with Crippen LogP contribution >= 0.6 is 0 Å². The van der Waals surface area contributed by atoms with Gasteiger partial charge in [-0.25, -0.2) is 0 Å². The molecule has 0 aliphatic heterocycles. The van der Waals surface area contributed by atoms with Crippen LogP contribution in [0.5, 0.6) is 11.5 Å². The quantitative estimate of drug-likeness (QED) is 0.634. The second-order valence-electron chi connectivity index (χ2n) is 7.52. The van der Waals surface area contributed by atoms with Gasteiger partial charge >= 0.3 is 0 Å². The summed E-state index contributed by atoms with van der Waals surface area (Å²) in [6, 6.07) is 8.25. The first-order chi connectivity index (χ1) is 13.3. The number of benzene rings is 2.